The summed E-state index contributed by atoms with van der Waals surface area (Å²) in [5.41, 5.74) is 1.05. The first-order chi connectivity index (χ1) is 18.3. The van der Waals surface area contributed by atoms with Crippen molar-refractivity contribution in [2.45, 2.75) is 35.7 Å². The van der Waals surface area contributed by atoms with Crippen molar-refractivity contribution in [3.05, 3.63) is 36.0 Å². The number of ether oxygens (including phenoxy) is 2. The van der Waals surface area contributed by atoms with Crippen LogP contribution < -0.4 is 10.6 Å². The van der Waals surface area contributed by atoms with Gasteiger partial charge in [-0.25, -0.2) is 23.1 Å². The molecule has 3 aromatic rings. The van der Waals surface area contributed by atoms with Gasteiger partial charge in [0.05, 0.1) is 42.8 Å². The van der Waals surface area contributed by atoms with Gasteiger partial charge in [-0.2, -0.15) is 9.40 Å². The standard InChI is InChI=1S/C24H33N7O5S2/c1-17(2)37-24-28-21(25-9-13-35-3)20-16-27-31(22(20)29-24)10-8-26-23(32)18-4-6-19(7-5-18)38(33,34)30-11-14-36-15-12-30/h4-7,16-17H,8-15H2,1-3H3,(H,26,32)(H,25,28,29). The highest BCUT2D eigenvalue weighted by Crippen LogP contribution is 2.26. The van der Waals surface area contributed by atoms with Crippen LogP contribution in [0.2, 0.25) is 0 Å². The molecule has 1 fully saturated rings. The number of morpholine rings is 1. The number of benzene rings is 1. The highest BCUT2D eigenvalue weighted by molar-refractivity contribution is 7.99. The van der Waals surface area contributed by atoms with Gasteiger partial charge in [0.2, 0.25) is 10.0 Å². The van der Waals surface area contributed by atoms with Gasteiger partial charge in [-0.1, -0.05) is 25.6 Å². The zero-order chi connectivity index (χ0) is 27.1. The van der Waals surface area contributed by atoms with Crippen LogP contribution in [0.3, 0.4) is 0 Å². The lowest BCUT2D eigenvalue weighted by Crippen LogP contribution is -2.40. The van der Waals surface area contributed by atoms with Gasteiger partial charge < -0.3 is 20.1 Å². The van der Waals surface area contributed by atoms with E-state index in [1.807, 2.05) is 0 Å². The minimum atomic E-state index is -3.61. The van der Waals surface area contributed by atoms with Crippen molar-refractivity contribution in [2.24, 2.45) is 0 Å². The monoisotopic (exact) mass is 563 g/mol. The Kier molecular flexibility index (Phi) is 9.54. The van der Waals surface area contributed by atoms with Crippen LogP contribution in [0.25, 0.3) is 11.0 Å². The lowest BCUT2D eigenvalue weighted by Gasteiger charge is -2.26. The summed E-state index contributed by atoms with van der Waals surface area (Å²) in [5, 5.41) is 12.4. The minimum absolute atomic E-state index is 0.156. The van der Waals surface area contributed by atoms with Crippen LogP contribution in [0, 0.1) is 0 Å². The molecule has 1 aromatic carbocycles. The second-order valence-electron chi connectivity index (χ2n) is 8.84. The highest BCUT2D eigenvalue weighted by atomic mass is 32.2. The van der Waals surface area contributed by atoms with Crippen LogP contribution in [0.4, 0.5) is 5.82 Å². The maximum atomic E-state index is 12.8. The van der Waals surface area contributed by atoms with Gasteiger partial charge in [-0.05, 0) is 24.3 Å². The number of carbonyl (C=O) groups excluding carboxylic acids is 1. The number of nitrogens with zero attached hydrogens (tertiary/aromatic N) is 5. The minimum Gasteiger partial charge on any atom is -0.383 e. The molecule has 0 atom stereocenters. The smallest absolute Gasteiger partial charge is 0.251 e. The first kappa shape index (κ1) is 28.2. The molecule has 14 heteroatoms. The number of nitrogens with one attached hydrogen (secondary N) is 2. The average molecular weight is 564 g/mol. The van der Waals surface area contributed by atoms with E-state index in [0.29, 0.717) is 80.0 Å². The van der Waals surface area contributed by atoms with E-state index in [-0.39, 0.29) is 10.8 Å². The molecule has 1 aliphatic rings. The predicted octanol–water partition coefficient (Wildman–Crippen LogP) is 1.84. The summed E-state index contributed by atoms with van der Waals surface area (Å²) < 4.78 is 39.1. The second-order valence-corrected chi connectivity index (χ2v) is 12.3. The molecule has 38 heavy (non-hydrogen) atoms. The molecule has 0 unspecified atom stereocenters. The molecule has 206 valence electrons. The molecule has 2 aromatic heterocycles. The van der Waals surface area contributed by atoms with Crippen LogP contribution in [0.1, 0.15) is 24.2 Å². The van der Waals surface area contributed by atoms with Crippen molar-refractivity contribution in [1.82, 2.24) is 29.4 Å². The molecule has 3 heterocycles. The largest absolute Gasteiger partial charge is 0.383 e. The lowest BCUT2D eigenvalue weighted by atomic mass is 10.2. The Balaban J connectivity index is 1.41. The zero-order valence-corrected chi connectivity index (χ0v) is 23.3. The first-order valence-corrected chi connectivity index (χ1v) is 14.7. The number of methoxy groups -OCH3 is 1. The Morgan fingerprint density at radius 3 is 2.58 bits per heavy atom. The number of thioether (sulfide) groups is 1. The van der Waals surface area contributed by atoms with E-state index in [9.17, 15) is 13.2 Å². The third-order valence-electron chi connectivity index (χ3n) is 5.75. The maximum Gasteiger partial charge on any atom is 0.251 e. The number of rotatable bonds is 12. The molecule has 0 saturated carbocycles. The predicted molar refractivity (Wildman–Crippen MR) is 145 cm³/mol. The van der Waals surface area contributed by atoms with Crippen LogP contribution in [-0.2, 0) is 26.0 Å². The molecular weight excluding hydrogens is 530 g/mol. The first-order valence-electron chi connectivity index (χ1n) is 12.4. The van der Waals surface area contributed by atoms with E-state index >= 15 is 0 Å². The Morgan fingerprint density at radius 1 is 1.16 bits per heavy atom. The third-order valence-corrected chi connectivity index (χ3v) is 8.53. The summed E-state index contributed by atoms with van der Waals surface area (Å²) in [4.78, 5) is 22.2. The molecule has 1 amide bonds. The Bertz CT molecular complexity index is 1340. The van der Waals surface area contributed by atoms with E-state index in [0.717, 1.165) is 5.39 Å². The van der Waals surface area contributed by atoms with Crippen LogP contribution in [0.15, 0.2) is 40.5 Å². The fourth-order valence-corrected chi connectivity index (χ4v) is 5.97. The number of hydrogen-bond acceptors (Lipinski definition) is 10. The number of sulfonamides is 1. The molecule has 0 radical (unpaired) electrons. The summed E-state index contributed by atoms with van der Waals surface area (Å²) in [6, 6.07) is 5.96. The fourth-order valence-electron chi connectivity index (χ4n) is 3.86. The second kappa shape index (κ2) is 12.8. The quantitative estimate of drug-likeness (QED) is 0.190. The van der Waals surface area contributed by atoms with Crippen molar-refractivity contribution < 1.29 is 22.7 Å². The van der Waals surface area contributed by atoms with Crippen molar-refractivity contribution in [1.29, 1.82) is 0 Å². The number of amides is 1. The van der Waals surface area contributed by atoms with Crippen molar-refractivity contribution in [3.63, 3.8) is 0 Å². The van der Waals surface area contributed by atoms with E-state index in [1.54, 1.807) is 29.8 Å². The van der Waals surface area contributed by atoms with E-state index < -0.39 is 10.0 Å². The molecular formula is C24H33N7O5S2. The average Bonchev–Trinajstić information content (AvgIpc) is 3.32. The number of aromatic nitrogens is 4. The number of anilines is 1. The van der Waals surface area contributed by atoms with E-state index in [1.165, 1.54) is 28.6 Å². The molecule has 1 saturated heterocycles. The summed E-state index contributed by atoms with van der Waals surface area (Å²) in [6.07, 6.45) is 1.71. The molecule has 0 spiro atoms. The Hall–Kier alpha value is -2.78. The SMILES string of the molecule is COCCNc1nc(SC(C)C)nc2c1cnn2CCNC(=O)c1ccc(S(=O)(=O)N2CCOCC2)cc1. The molecule has 1 aliphatic heterocycles. The normalized spacial score (nSPS) is 14.7. The van der Waals surface area contributed by atoms with Gasteiger partial charge in [0, 0.05) is 44.1 Å². The van der Waals surface area contributed by atoms with Gasteiger partial charge in [0.25, 0.3) is 5.91 Å². The number of fused-ring (bicyclic) bond motifs is 1. The fraction of sp³-hybridized carbons (Fsp3) is 0.500. The summed E-state index contributed by atoms with van der Waals surface area (Å²) >= 11 is 1.56. The number of hydrogen-bond donors (Lipinski definition) is 2. The Labute approximate surface area is 226 Å². The van der Waals surface area contributed by atoms with Gasteiger partial charge in [0.1, 0.15) is 5.82 Å². The van der Waals surface area contributed by atoms with Crippen molar-refractivity contribution in [3.8, 4) is 0 Å². The highest BCUT2D eigenvalue weighted by Gasteiger charge is 2.26. The summed E-state index contributed by atoms with van der Waals surface area (Å²) in [5.74, 6) is 0.391. The third kappa shape index (κ3) is 6.80. The number of carbonyl (C=O) groups is 1. The van der Waals surface area contributed by atoms with Crippen LogP contribution in [0.5, 0.6) is 0 Å². The summed E-state index contributed by atoms with van der Waals surface area (Å²) in [7, 11) is -1.97. The van der Waals surface area contributed by atoms with Gasteiger partial charge in [0.15, 0.2) is 10.8 Å². The topological polar surface area (TPSA) is 141 Å². The molecule has 4 rings (SSSR count). The Morgan fingerprint density at radius 2 is 1.89 bits per heavy atom. The van der Waals surface area contributed by atoms with Crippen molar-refractivity contribution in [2.75, 3.05) is 58.4 Å². The van der Waals surface area contributed by atoms with E-state index in [4.69, 9.17) is 14.5 Å². The summed E-state index contributed by atoms with van der Waals surface area (Å²) in [6.45, 7) is 7.40. The van der Waals surface area contributed by atoms with Crippen LogP contribution >= 0.6 is 11.8 Å². The molecule has 2 N–H and O–H groups in total. The van der Waals surface area contributed by atoms with Crippen LogP contribution in [-0.4, -0.2) is 96.7 Å². The van der Waals surface area contributed by atoms with E-state index in [2.05, 4.69) is 34.6 Å². The van der Waals surface area contributed by atoms with Gasteiger partial charge in [-0.3, -0.25) is 4.79 Å². The van der Waals surface area contributed by atoms with Crippen molar-refractivity contribution >= 4 is 44.5 Å². The molecule has 12 nitrogen and oxygen atoms in total. The maximum absolute atomic E-state index is 12.8. The van der Waals surface area contributed by atoms with Gasteiger partial charge in [-0.15, -0.1) is 0 Å². The molecule has 0 bridgehead atoms. The zero-order valence-electron chi connectivity index (χ0n) is 21.7. The molecule has 0 aliphatic carbocycles. The lowest BCUT2D eigenvalue weighted by molar-refractivity contribution is 0.0730. The van der Waals surface area contributed by atoms with Gasteiger partial charge >= 0.3 is 0 Å².